The molecule has 360 valence electrons. The van der Waals surface area contributed by atoms with Crippen LogP contribution in [0.1, 0.15) is 100 Å². The van der Waals surface area contributed by atoms with Crippen LogP contribution in [0.15, 0.2) is 4.99 Å². The van der Waals surface area contributed by atoms with Crippen LogP contribution >= 0.6 is 34.0 Å². The molecule has 0 saturated carbocycles. The summed E-state index contributed by atoms with van der Waals surface area (Å²) in [4.78, 5) is 107. The van der Waals surface area contributed by atoms with E-state index in [9.17, 15) is 38.4 Å². The smallest absolute Gasteiger partial charge is 0.243 e. The van der Waals surface area contributed by atoms with Crippen molar-refractivity contribution in [3.8, 4) is 0 Å². The van der Waals surface area contributed by atoms with Crippen molar-refractivity contribution >= 4 is 87.2 Å². The van der Waals surface area contributed by atoms with Crippen LogP contribution < -0.4 is 60.6 Å². The Morgan fingerprint density at radius 1 is 0.541 bits per heavy atom. The molecular formula is C36H76Br2N12O11. The predicted molar refractivity (Wildman–Crippen MR) is 243 cm³/mol. The molecule has 25 heteroatoms. The third-order valence-electron chi connectivity index (χ3n) is 8.35. The molecule has 0 aromatic carbocycles. The minimum atomic E-state index is -1.35. The number of hydrogen-bond acceptors (Lipinski definition) is 10. The molecule has 0 aliphatic heterocycles. The van der Waals surface area contributed by atoms with Crippen LogP contribution in [0.2, 0.25) is 0 Å². The van der Waals surface area contributed by atoms with Gasteiger partial charge < -0.3 is 77.0 Å². The number of halogens is 2. The second kappa shape index (κ2) is 35.4. The molecule has 22 N–H and O–H groups in total. The third kappa shape index (κ3) is 30.5. The highest BCUT2D eigenvalue weighted by Crippen LogP contribution is 2.11. The first-order valence-corrected chi connectivity index (χ1v) is 19.1. The van der Waals surface area contributed by atoms with E-state index in [0.717, 1.165) is 0 Å². The molecular weight excluding hydrogens is 936 g/mol. The number of primary amides is 2. The molecule has 0 radical (unpaired) electrons. The van der Waals surface area contributed by atoms with Crippen molar-refractivity contribution in [3.63, 3.8) is 0 Å². The summed E-state index contributed by atoms with van der Waals surface area (Å²) in [5, 5.41) is 15.5. The average molecular weight is 1010 g/mol. The summed E-state index contributed by atoms with van der Waals surface area (Å²) in [6, 6.07) is -6.54. The zero-order valence-corrected chi connectivity index (χ0v) is 40.0. The number of nitrogens with two attached hydrogens (primary N) is 5. The number of nitrogens with one attached hydrogen (secondary N) is 6. The van der Waals surface area contributed by atoms with Gasteiger partial charge in [-0.3, -0.25) is 43.3 Å². The molecule has 0 rings (SSSR count). The summed E-state index contributed by atoms with van der Waals surface area (Å²) in [6.45, 7) is 14.1. The molecule has 0 aliphatic carbocycles. The lowest BCUT2D eigenvalue weighted by Crippen LogP contribution is -2.58. The number of amides is 8. The molecule has 23 nitrogen and oxygen atoms in total. The molecule has 6 atom stereocenters. The molecule has 0 bridgehead atoms. The van der Waals surface area contributed by atoms with Gasteiger partial charge in [0.2, 0.25) is 47.3 Å². The molecule has 61 heavy (non-hydrogen) atoms. The number of aliphatic imine (C=N–C) groups is 1. The summed E-state index contributed by atoms with van der Waals surface area (Å²) in [5.74, 6) is -6.24. The fourth-order valence-electron chi connectivity index (χ4n) is 5.49. The Hall–Kier alpha value is -4.17. The van der Waals surface area contributed by atoms with Gasteiger partial charge in [0.1, 0.15) is 30.2 Å². The third-order valence-corrected chi connectivity index (χ3v) is 8.35. The minimum absolute atomic E-state index is 0. The van der Waals surface area contributed by atoms with Crippen LogP contribution in [0.4, 0.5) is 0 Å². The molecule has 0 aliphatic rings. The van der Waals surface area contributed by atoms with E-state index in [0.29, 0.717) is 6.42 Å². The molecule has 0 heterocycles. The van der Waals surface area contributed by atoms with Crippen molar-refractivity contribution in [1.82, 2.24) is 31.9 Å². The first kappa shape index (κ1) is 68.6. The number of nitrogens with zero attached hydrogens (tertiary/aromatic N) is 1. The van der Waals surface area contributed by atoms with Crippen LogP contribution in [-0.2, 0) is 38.4 Å². The highest BCUT2D eigenvalue weighted by atomic mass is 79.9. The Kier molecular flexibility index (Phi) is 39.8. The van der Waals surface area contributed by atoms with Crippen molar-refractivity contribution < 1.29 is 54.8 Å². The van der Waals surface area contributed by atoms with Gasteiger partial charge in [-0.05, 0) is 62.2 Å². The Morgan fingerprint density at radius 2 is 0.951 bits per heavy atom. The molecule has 0 aromatic heterocycles. The largest absolute Gasteiger partial charge is 0.412 e. The van der Waals surface area contributed by atoms with Crippen LogP contribution in [-0.4, -0.2) is 119 Å². The quantitative estimate of drug-likeness (QED) is 0.0215. The number of hydrogen-bond donors (Lipinski definition) is 11. The summed E-state index contributed by atoms with van der Waals surface area (Å²) in [6.07, 6.45) is 0.723. The maximum absolute atomic E-state index is 13.7. The van der Waals surface area contributed by atoms with E-state index in [4.69, 9.17) is 28.7 Å². The van der Waals surface area contributed by atoms with Crippen molar-refractivity contribution in [2.24, 2.45) is 57.3 Å². The fraction of sp³-hybridized carbons (Fsp3) is 0.750. The Bertz CT molecular complexity index is 1390. The second-order valence-electron chi connectivity index (χ2n) is 15.6. The van der Waals surface area contributed by atoms with Crippen molar-refractivity contribution in [2.45, 2.75) is 137 Å². The van der Waals surface area contributed by atoms with Gasteiger partial charge >= 0.3 is 0 Å². The van der Waals surface area contributed by atoms with Gasteiger partial charge in [-0.2, -0.15) is 0 Å². The van der Waals surface area contributed by atoms with Crippen molar-refractivity contribution in [3.05, 3.63) is 0 Å². The first-order valence-electron chi connectivity index (χ1n) is 19.1. The lowest BCUT2D eigenvalue weighted by molar-refractivity contribution is -0.135. The summed E-state index contributed by atoms with van der Waals surface area (Å²) < 4.78 is 0. The molecule has 0 unspecified atom stereocenters. The number of carbonyl (C=O) groups is 8. The van der Waals surface area contributed by atoms with E-state index >= 15 is 0 Å². The Morgan fingerprint density at radius 3 is 1.34 bits per heavy atom. The SMILES string of the molecule is Br.Br.CC(C)C[C@H](NC(=O)CNC(=O)[C@H](CCC(N)=O)NC(=O)[C@H](CC(C)C)NC(=O)[C@H](CC(C)C)NC(=O)[C@@H](N)CCCN=C(N)N)C(=O)N[C@H](C(N)=O)C(C)C.O.O.O. The lowest BCUT2D eigenvalue weighted by atomic mass is 9.99. The molecule has 0 fully saturated rings. The van der Waals surface area contributed by atoms with Gasteiger partial charge in [0, 0.05) is 13.0 Å². The van der Waals surface area contributed by atoms with Crippen LogP contribution in [0.25, 0.3) is 0 Å². The highest BCUT2D eigenvalue weighted by Gasteiger charge is 2.32. The zero-order chi connectivity index (χ0) is 43.3. The zero-order valence-electron chi connectivity index (χ0n) is 36.6. The highest BCUT2D eigenvalue weighted by molar-refractivity contribution is 8.93. The van der Waals surface area contributed by atoms with Crippen molar-refractivity contribution in [2.75, 3.05) is 13.1 Å². The normalized spacial score (nSPS) is 13.3. The number of rotatable bonds is 27. The lowest BCUT2D eigenvalue weighted by Gasteiger charge is -2.27. The second-order valence-corrected chi connectivity index (χ2v) is 15.6. The van der Waals surface area contributed by atoms with Crippen LogP contribution in [0, 0.1) is 23.7 Å². The topological polar surface area (TPSA) is 446 Å². The van der Waals surface area contributed by atoms with Gasteiger partial charge in [-0.25, -0.2) is 0 Å². The summed E-state index contributed by atoms with van der Waals surface area (Å²) in [7, 11) is 0. The van der Waals surface area contributed by atoms with Gasteiger partial charge in [0.15, 0.2) is 5.96 Å². The van der Waals surface area contributed by atoms with Gasteiger partial charge in [-0.1, -0.05) is 55.4 Å². The van der Waals surface area contributed by atoms with Crippen molar-refractivity contribution in [1.29, 1.82) is 0 Å². The molecule has 0 saturated heterocycles. The van der Waals surface area contributed by atoms with Crippen LogP contribution in [0.3, 0.4) is 0 Å². The van der Waals surface area contributed by atoms with Crippen LogP contribution in [0.5, 0.6) is 0 Å². The van der Waals surface area contributed by atoms with E-state index in [1.54, 1.807) is 13.8 Å². The average Bonchev–Trinajstić information content (AvgIpc) is 3.07. The van der Waals surface area contributed by atoms with E-state index in [-0.39, 0.29) is 125 Å². The van der Waals surface area contributed by atoms with E-state index in [1.165, 1.54) is 0 Å². The maximum atomic E-state index is 13.7. The van der Waals surface area contributed by atoms with E-state index in [1.807, 2.05) is 41.5 Å². The van der Waals surface area contributed by atoms with E-state index in [2.05, 4.69) is 36.9 Å². The number of guanidine groups is 1. The van der Waals surface area contributed by atoms with Gasteiger partial charge in [0.25, 0.3) is 0 Å². The Balaban J connectivity index is -0.00000151. The predicted octanol–water partition coefficient (Wildman–Crippen LogP) is -3.87. The summed E-state index contributed by atoms with van der Waals surface area (Å²) in [5.41, 5.74) is 27.5. The Labute approximate surface area is 379 Å². The number of carbonyl (C=O) groups excluding carboxylic acids is 8. The molecule has 0 aromatic rings. The van der Waals surface area contributed by atoms with E-state index < -0.39 is 90.1 Å². The first-order chi connectivity index (χ1) is 25.9. The minimum Gasteiger partial charge on any atom is -0.412 e. The monoisotopic (exact) mass is 1010 g/mol. The molecule has 0 spiro atoms. The van der Waals surface area contributed by atoms with Gasteiger partial charge in [-0.15, -0.1) is 34.0 Å². The summed E-state index contributed by atoms with van der Waals surface area (Å²) >= 11 is 0. The molecule has 8 amide bonds. The fourth-order valence-corrected chi connectivity index (χ4v) is 5.49. The maximum Gasteiger partial charge on any atom is 0.243 e. The standard InChI is InChI=1S/C36H68N12O8.2BrH.3H2O/c1-18(2)14-24(35(56)48-29(21(7)8)30(39)51)44-28(50)17-43-32(53)23(11-12-27(38)49)45-33(54)26(16-20(5)6)47-34(55)25(15-19(3)4)46-31(52)22(37)10-9-13-42-36(40)41;;;;;/h18-26,29H,9-17,37H2,1-8H3,(H2,38,49)(H2,39,51)(H,43,53)(H,44,50)(H,45,54)(H,46,52)(H,47,55)(H,48,56)(H4,40,41,42);2*1H;3*1H2/t22-,23-,24-,25-,26-,29-;;;;;/m0...../s1. The van der Waals surface area contributed by atoms with Gasteiger partial charge in [0.05, 0.1) is 12.6 Å².